The SMILES string of the molecule is NNC(Cc1cccnc1N)Cc1c(F)cccc1Cl. The van der Waals surface area contributed by atoms with Gasteiger partial charge in [0.25, 0.3) is 0 Å². The van der Waals surface area contributed by atoms with Crippen LogP contribution in [0.2, 0.25) is 5.02 Å². The van der Waals surface area contributed by atoms with Gasteiger partial charge in [0.05, 0.1) is 0 Å². The first kappa shape index (κ1) is 14.7. The minimum absolute atomic E-state index is 0.184. The predicted octanol–water partition coefficient (Wildman–Crippen LogP) is 2.07. The zero-order chi connectivity index (χ0) is 14.5. The number of pyridine rings is 1. The highest BCUT2D eigenvalue weighted by Gasteiger charge is 2.15. The van der Waals surface area contributed by atoms with Gasteiger partial charge >= 0.3 is 0 Å². The highest BCUT2D eigenvalue weighted by molar-refractivity contribution is 6.31. The van der Waals surface area contributed by atoms with Crippen LogP contribution in [0, 0.1) is 5.82 Å². The highest BCUT2D eigenvalue weighted by atomic mass is 35.5. The van der Waals surface area contributed by atoms with Gasteiger partial charge in [0.1, 0.15) is 11.6 Å². The Balaban J connectivity index is 2.16. The van der Waals surface area contributed by atoms with E-state index in [0.29, 0.717) is 29.2 Å². The average Bonchev–Trinajstić information content (AvgIpc) is 2.44. The van der Waals surface area contributed by atoms with Gasteiger partial charge < -0.3 is 5.73 Å². The van der Waals surface area contributed by atoms with Gasteiger partial charge in [0, 0.05) is 22.8 Å². The number of nitrogens with one attached hydrogen (secondary N) is 1. The molecule has 5 N–H and O–H groups in total. The molecule has 0 spiro atoms. The summed E-state index contributed by atoms with van der Waals surface area (Å²) >= 11 is 6.02. The summed E-state index contributed by atoms with van der Waals surface area (Å²) in [7, 11) is 0. The first-order chi connectivity index (χ1) is 9.61. The summed E-state index contributed by atoms with van der Waals surface area (Å²) in [5.41, 5.74) is 9.78. The van der Waals surface area contributed by atoms with E-state index in [2.05, 4.69) is 10.4 Å². The van der Waals surface area contributed by atoms with E-state index in [4.69, 9.17) is 23.2 Å². The van der Waals surface area contributed by atoms with Crippen molar-refractivity contribution in [2.45, 2.75) is 18.9 Å². The van der Waals surface area contributed by atoms with Crippen LogP contribution in [0.5, 0.6) is 0 Å². The summed E-state index contributed by atoms with van der Waals surface area (Å²) in [6.07, 6.45) is 2.54. The number of rotatable bonds is 5. The van der Waals surface area contributed by atoms with Crippen LogP contribution in [0.1, 0.15) is 11.1 Å². The Kier molecular flexibility index (Phi) is 4.89. The van der Waals surface area contributed by atoms with Crippen LogP contribution in [0.4, 0.5) is 10.2 Å². The van der Waals surface area contributed by atoms with Crippen molar-refractivity contribution in [3.05, 3.63) is 58.5 Å². The molecule has 2 rings (SSSR count). The molecule has 0 saturated carbocycles. The summed E-state index contributed by atoms with van der Waals surface area (Å²) < 4.78 is 13.8. The first-order valence-electron chi connectivity index (χ1n) is 6.20. The van der Waals surface area contributed by atoms with Gasteiger partial charge in [-0.3, -0.25) is 11.3 Å². The van der Waals surface area contributed by atoms with Crippen LogP contribution in [0.25, 0.3) is 0 Å². The molecule has 2 aromatic rings. The summed E-state index contributed by atoms with van der Waals surface area (Å²) in [6, 6.07) is 8.10. The zero-order valence-electron chi connectivity index (χ0n) is 10.8. The molecule has 1 unspecified atom stereocenters. The average molecular weight is 295 g/mol. The number of benzene rings is 1. The summed E-state index contributed by atoms with van der Waals surface area (Å²) in [5.74, 6) is 5.66. The number of nitrogens with zero attached hydrogens (tertiary/aromatic N) is 1. The van der Waals surface area contributed by atoms with E-state index in [-0.39, 0.29) is 11.9 Å². The van der Waals surface area contributed by atoms with Crippen molar-refractivity contribution in [1.82, 2.24) is 10.4 Å². The normalized spacial score (nSPS) is 12.3. The van der Waals surface area contributed by atoms with Gasteiger partial charge in [0.2, 0.25) is 0 Å². The lowest BCUT2D eigenvalue weighted by Gasteiger charge is -2.17. The van der Waals surface area contributed by atoms with Crippen LogP contribution in [0.15, 0.2) is 36.5 Å². The predicted molar refractivity (Wildman–Crippen MR) is 78.6 cm³/mol. The van der Waals surface area contributed by atoms with E-state index in [1.165, 1.54) is 6.07 Å². The largest absolute Gasteiger partial charge is 0.383 e. The van der Waals surface area contributed by atoms with Crippen molar-refractivity contribution in [2.24, 2.45) is 5.84 Å². The molecule has 0 aliphatic rings. The number of halogens is 2. The Morgan fingerprint density at radius 1 is 1.25 bits per heavy atom. The van der Waals surface area contributed by atoms with Crippen molar-refractivity contribution in [2.75, 3.05) is 5.73 Å². The lowest BCUT2D eigenvalue weighted by molar-refractivity contribution is 0.506. The van der Waals surface area contributed by atoms with Crippen molar-refractivity contribution in [3.63, 3.8) is 0 Å². The van der Waals surface area contributed by atoms with Crippen molar-refractivity contribution >= 4 is 17.4 Å². The Labute approximate surface area is 121 Å². The molecule has 1 aromatic heterocycles. The van der Waals surface area contributed by atoms with Crippen LogP contribution < -0.4 is 17.0 Å². The van der Waals surface area contributed by atoms with Gasteiger partial charge in [-0.15, -0.1) is 0 Å². The summed E-state index contributed by atoms with van der Waals surface area (Å²) in [4.78, 5) is 4.02. The monoisotopic (exact) mass is 294 g/mol. The Morgan fingerprint density at radius 3 is 2.70 bits per heavy atom. The molecule has 0 radical (unpaired) electrons. The molecular formula is C14H16ClFN4. The first-order valence-corrected chi connectivity index (χ1v) is 6.58. The quantitative estimate of drug-likeness (QED) is 0.583. The maximum Gasteiger partial charge on any atom is 0.127 e. The molecule has 20 heavy (non-hydrogen) atoms. The molecule has 0 aliphatic carbocycles. The number of nitrogens with two attached hydrogens (primary N) is 2. The van der Waals surface area contributed by atoms with Crippen molar-refractivity contribution in [3.8, 4) is 0 Å². The molecule has 106 valence electrons. The van der Waals surface area contributed by atoms with E-state index in [1.807, 2.05) is 6.07 Å². The van der Waals surface area contributed by atoms with Gasteiger partial charge in [-0.2, -0.15) is 0 Å². The minimum atomic E-state index is -0.336. The zero-order valence-corrected chi connectivity index (χ0v) is 11.6. The molecule has 1 heterocycles. The Bertz CT molecular complexity index is 571. The van der Waals surface area contributed by atoms with Crippen LogP contribution in [-0.2, 0) is 12.8 Å². The molecule has 4 nitrogen and oxygen atoms in total. The Morgan fingerprint density at radius 2 is 2.05 bits per heavy atom. The third kappa shape index (κ3) is 3.45. The van der Waals surface area contributed by atoms with E-state index >= 15 is 0 Å². The van der Waals surface area contributed by atoms with Gasteiger partial charge in [-0.25, -0.2) is 9.37 Å². The number of hydrazine groups is 1. The number of anilines is 1. The molecule has 0 aliphatic heterocycles. The molecule has 0 saturated heterocycles. The van der Waals surface area contributed by atoms with Gasteiger partial charge in [-0.05, 0) is 36.6 Å². The smallest absolute Gasteiger partial charge is 0.127 e. The number of aromatic nitrogens is 1. The molecule has 0 fully saturated rings. The topological polar surface area (TPSA) is 77.0 Å². The third-order valence-electron chi connectivity index (χ3n) is 3.14. The van der Waals surface area contributed by atoms with Crippen LogP contribution >= 0.6 is 11.6 Å². The van der Waals surface area contributed by atoms with Crippen molar-refractivity contribution < 1.29 is 4.39 Å². The third-order valence-corrected chi connectivity index (χ3v) is 3.49. The van der Waals surface area contributed by atoms with Crippen LogP contribution in [-0.4, -0.2) is 11.0 Å². The molecule has 0 bridgehead atoms. The number of hydrogen-bond donors (Lipinski definition) is 3. The highest BCUT2D eigenvalue weighted by Crippen LogP contribution is 2.22. The van der Waals surface area contributed by atoms with Crippen molar-refractivity contribution in [1.29, 1.82) is 0 Å². The molecule has 1 atom stereocenters. The standard InChI is InChI=1S/C14H16ClFN4/c15-12-4-1-5-13(16)11(12)8-10(20-18)7-9-3-2-6-19-14(9)17/h1-6,10,20H,7-8,18H2,(H2,17,19). The second-order valence-corrected chi connectivity index (χ2v) is 4.93. The fourth-order valence-electron chi connectivity index (χ4n) is 2.05. The number of hydrogen-bond acceptors (Lipinski definition) is 4. The lowest BCUT2D eigenvalue weighted by atomic mass is 9.99. The lowest BCUT2D eigenvalue weighted by Crippen LogP contribution is -2.39. The molecule has 6 heteroatoms. The Hall–Kier alpha value is -1.69. The molecule has 1 aromatic carbocycles. The fraction of sp³-hybridized carbons (Fsp3) is 0.214. The van der Waals surface area contributed by atoms with Crippen LogP contribution in [0.3, 0.4) is 0 Å². The number of nitrogen functional groups attached to an aromatic ring is 1. The molecular weight excluding hydrogens is 279 g/mol. The van der Waals surface area contributed by atoms with E-state index < -0.39 is 0 Å². The minimum Gasteiger partial charge on any atom is -0.383 e. The van der Waals surface area contributed by atoms with Gasteiger partial charge in [0.15, 0.2) is 0 Å². The summed E-state index contributed by atoms with van der Waals surface area (Å²) in [5, 5.41) is 0.393. The van der Waals surface area contributed by atoms with E-state index in [0.717, 1.165) is 5.56 Å². The van der Waals surface area contributed by atoms with E-state index in [9.17, 15) is 4.39 Å². The maximum atomic E-state index is 13.8. The fourth-order valence-corrected chi connectivity index (χ4v) is 2.29. The second kappa shape index (κ2) is 6.65. The maximum absolute atomic E-state index is 13.8. The van der Waals surface area contributed by atoms with Gasteiger partial charge in [-0.1, -0.05) is 23.7 Å². The molecule has 0 amide bonds. The van der Waals surface area contributed by atoms with E-state index in [1.54, 1.807) is 24.4 Å². The summed E-state index contributed by atoms with van der Waals surface area (Å²) in [6.45, 7) is 0. The second-order valence-electron chi connectivity index (χ2n) is 4.52.